The number of aromatic nitrogens is 3. The summed E-state index contributed by atoms with van der Waals surface area (Å²) in [6, 6.07) is 71.3. The summed E-state index contributed by atoms with van der Waals surface area (Å²) in [7, 11) is 0. The fourth-order valence-corrected chi connectivity index (χ4v) is 8.45. The second-order valence-corrected chi connectivity index (χ2v) is 15.2. The molecule has 0 bridgehead atoms. The van der Waals surface area contributed by atoms with Crippen molar-refractivity contribution in [1.82, 2.24) is 14.5 Å². The summed E-state index contributed by atoms with van der Waals surface area (Å²) in [5.74, 6) is 0.738. The van der Waals surface area contributed by atoms with Gasteiger partial charge in [-0.25, -0.2) is 9.97 Å². The standard InChI is InChI=1S/C55H42N4/c1-37-16-10-12-22-47(37)52-36-51(56-55(57-52)48-23-13-11-17-38(48)2)41-28-32-46(39(3)34-41)40-26-29-44(30-27-40)59-53-25-15-14-24-49(53)50-35-45(31-33-54(50)59)58(42-18-6-4-7-19-42)43-20-8-5-9-21-43/h4-36H,1-3H3. The Morgan fingerprint density at radius 3 is 1.63 bits per heavy atom. The zero-order valence-corrected chi connectivity index (χ0v) is 33.3. The molecule has 0 aliphatic heterocycles. The van der Waals surface area contributed by atoms with E-state index in [0.717, 1.165) is 62.2 Å². The lowest BCUT2D eigenvalue weighted by atomic mass is 9.96. The van der Waals surface area contributed by atoms with Gasteiger partial charge in [-0.15, -0.1) is 0 Å². The topological polar surface area (TPSA) is 34.0 Å². The van der Waals surface area contributed by atoms with E-state index in [1.165, 1.54) is 44.1 Å². The van der Waals surface area contributed by atoms with Crippen LogP contribution in [0.25, 0.3) is 72.5 Å². The number of aryl methyl sites for hydroxylation is 3. The number of hydrogen-bond acceptors (Lipinski definition) is 3. The lowest BCUT2D eigenvalue weighted by molar-refractivity contribution is 1.17. The van der Waals surface area contributed by atoms with E-state index in [4.69, 9.17) is 9.97 Å². The molecule has 0 aliphatic carbocycles. The third-order valence-corrected chi connectivity index (χ3v) is 11.4. The molecule has 0 radical (unpaired) electrons. The van der Waals surface area contributed by atoms with E-state index >= 15 is 0 Å². The third kappa shape index (κ3) is 6.65. The molecular formula is C55H42N4. The fourth-order valence-electron chi connectivity index (χ4n) is 8.45. The highest BCUT2D eigenvalue weighted by molar-refractivity contribution is 6.10. The van der Waals surface area contributed by atoms with Crippen LogP contribution in [0.5, 0.6) is 0 Å². The summed E-state index contributed by atoms with van der Waals surface area (Å²) in [5.41, 5.74) is 17.8. The van der Waals surface area contributed by atoms with E-state index in [-0.39, 0.29) is 0 Å². The molecule has 282 valence electrons. The quantitative estimate of drug-likeness (QED) is 0.155. The van der Waals surface area contributed by atoms with Gasteiger partial charge in [-0.1, -0.05) is 127 Å². The molecule has 59 heavy (non-hydrogen) atoms. The number of para-hydroxylation sites is 3. The highest BCUT2D eigenvalue weighted by Gasteiger charge is 2.18. The van der Waals surface area contributed by atoms with Crippen LogP contribution in [0.4, 0.5) is 17.1 Å². The van der Waals surface area contributed by atoms with Gasteiger partial charge in [0.1, 0.15) is 0 Å². The van der Waals surface area contributed by atoms with Crippen LogP contribution >= 0.6 is 0 Å². The smallest absolute Gasteiger partial charge is 0.160 e. The first-order valence-corrected chi connectivity index (χ1v) is 20.2. The van der Waals surface area contributed by atoms with Gasteiger partial charge in [-0.3, -0.25) is 0 Å². The lowest BCUT2D eigenvalue weighted by Crippen LogP contribution is -2.09. The van der Waals surface area contributed by atoms with Crippen molar-refractivity contribution in [3.8, 4) is 50.7 Å². The van der Waals surface area contributed by atoms with Crippen molar-refractivity contribution in [2.24, 2.45) is 0 Å². The van der Waals surface area contributed by atoms with Gasteiger partial charge in [-0.05, 0) is 121 Å². The molecule has 0 N–H and O–H groups in total. The zero-order chi connectivity index (χ0) is 39.9. The van der Waals surface area contributed by atoms with Crippen molar-refractivity contribution in [2.45, 2.75) is 20.8 Å². The molecule has 0 fully saturated rings. The molecule has 0 saturated carbocycles. The fraction of sp³-hybridized carbons (Fsp3) is 0.0545. The molecule has 0 atom stereocenters. The van der Waals surface area contributed by atoms with Crippen molar-refractivity contribution in [2.75, 3.05) is 4.90 Å². The lowest BCUT2D eigenvalue weighted by Gasteiger charge is -2.25. The zero-order valence-electron chi connectivity index (χ0n) is 33.3. The summed E-state index contributed by atoms with van der Waals surface area (Å²) >= 11 is 0. The van der Waals surface area contributed by atoms with E-state index < -0.39 is 0 Å². The summed E-state index contributed by atoms with van der Waals surface area (Å²) < 4.78 is 2.39. The Bertz CT molecular complexity index is 3020. The third-order valence-electron chi connectivity index (χ3n) is 11.4. The van der Waals surface area contributed by atoms with Gasteiger partial charge in [0.25, 0.3) is 0 Å². The minimum Gasteiger partial charge on any atom is -0.310 e. The van der Waals surface area contributed by atoms with Gasteiger partial charge in [-0.2, -0.15) is 0 Å². The molecule has 10 rings (SSSR count). The van der Waals surface area contributed by atoms with Gasteiger partial charge in [0.2, 0.25) is 0 Å². The molecule has 0 unspecified atom stereocenters. The van der Waals surface area contributed by atoms with Crippen LogP contribution in [0.2, 0.25) is 0 Å². The van der Waals surface area contributed by atoms with Crippen LogP contribution in [0.15, 0.2) is 200 Å². The molecule has 0 saturated heterocycles. The molecule has 2 aromatic heterocycles. The molecule has 4 nitrogen and oxygen atoms in total. The van der Waals surface area contributed by atoms with Gasteiger partial charge in [0.05, 0.1) is 22.4 Å². The van der Waals surface area contributed by atoms with Crippen LogP contribution in [0.1, 0.15) is 16.7 Å². The first-order valence-electron chi connectivity index (χ1n) is 20.2. The number of nitrogens with zero attached hydrogens (tertiary/aromatic N) is 4. The molecule has 0 spiro atoms. The van der Waals surface area contributed by atoms with Gasteiger partial charge < -0.3 is 9.47 Å². The Morgan fingerprint density at radius 1 is 0.373 bits per heavy atom. The Kier molecular flexibility index (Phi) is 9.15. The van der Waals surface area contributed by atoms with Crippen molar-refractivity contribution in [3.63, 3.8) is 0 Å². The van der Waals surface area contributed by atoms with Crippen molar-refractivity contribution < 1.29 is 0 Å². The largest absolute Gasteiger partial charge is 0.310 e. The maximum atomic E-state index is 5.15. The molecule has 4 heteroatoms. The summed E-state index contributed by atoms with van der Waals surface area (Å²) in [6.07, 6.45) is 0. The summed E-state index contributed by atoms with van der Waals surface area (Å²) in [4.78, 5) is 12.6. The normalized spacial score (nSPS) is 11.3. The maximum absolute atomic E-state index is 5.15. The highest BCUT2D eigenvalue weighted by atomic mass is 15.1. The van der Waals surface area contributed by atoms with E-state index in [2.05, 4.69) is 230 Å². The molecule has 0 aliphatic rings. The maximum Gasteiger partial charge on any atom is 0.160 e. The highest BCUT2D eigenvalue weighted by Crippen LogP contribution is 2.40. The Morgan fingerprint density at radius 2 is 0.949 bits per heavy atom. The summed E-state index contributed by atoms with van der Waals surface area (Å²) in [5, 5.41) is 2.44. The molecular weight excluding hydrogens is 717 g/mol. The Hall–Kier alpha value is -7.56. The average molecular weight is 759 g/mol. The number of rotatable bonds is 8. The molecule has 10 aromatic rings. The minimum atomic E-state index is 0.738. The van der Waals surface area contributed by atoms with Crippen molar-refractivity contribution in [1.29, 1.82) is 0 Å². The second-order valence-electron chi connectivity index (χ2n) is 15.2. The van der Waals surface area contributed by atoms with Crippen molar-refractivity contribution in [3.05, 3.63) is 217 Å². The average Bonchev–Trinajstić information content (AvgIpc) is 3.61. The Labute approximate surface area is 345 Å². The van der Waals surface area contributed by atoms with Crippen molar-refractivity contribution >= 4 is 38.9 Å². The number of anilines is 3. The molecule has 2 heterocycles. The number of hydrogen-bond donors (Lipinski definition) is 0. The van der Waals surface area contributed by atoms with Crippen LogP contribution in [0, 0.1) is 20.8 Å². The van der Waals surface area contributed by atoms with Crippen LogP contribution in [0.3, 0.4) is 0 Å². The predicted molar refractivity (Wildman–Crippen MR) is 247 cm³/mol. The predicted octanol–water partition coefficient (Wildman–Crippen LogP) is 14.6. The first kappa shape index (κ1) is 35.8. The Balaban J connectivity index is 1.01. The van der Waals surface area contributed by atoms with E-state index in [1.54, 1.807) is 0 Å². The van der Waals surface area contributed by atoms with Gasteiger partial charge >= 0.3 is 0 Å². The van der Waals surface area contributed by atoms with Crippen LogP contribution in [-0.4, -0.2) is 14.5 Å². The molecule has 0 amide bonds. The minimum absolute atomic E-state index is 0.738. The van der Waals surface area contributed by atoms with Crippen LogP contribution in [-0.2, 0) is 0 Å². The first-order chi connectivity index (χ1) is 29.0. The number of benzene rings is 8. The SMILES string of the molecule is Cc1cc(-c2cc(-c3ccccc3C)nc(-c3ccccc3C)n2)ccc1-c1ccc(-n2c3ccccc3c3cc(N(c4ccccc4)c4ccccc4)ccc32)cc1. The van der Waals surface area contributed by atoms with Crippen LogP contribution < -0.4 is 4.90 Å². The second kappa shape index (κ2) is 15.1. The monoisotopic (exact) mass is 758 g/mol. The van der Waals surface area contributed by atoms with E-state index in [1.807, 2.05) is 0 Å². The van der Waals surface area contributed by atoms with Gasteiger partial charge in [0.15, 0.2) is 5.82 Å². The number of fused-ring (bicyclic) bond motifs is 3. The van der Waals surface area contributed by atoms with E-state index in [9.17, 15) is 0 Å². The molecule has 8 aromatic carbocycles. The van der Waals surface area contributed by atoms with E-state index in [0.29, 0.717) is 0 Å². The van der Waals surface area contributed by atoms with Gasteiger partial charge in [0, 0.05) is 50.2 Å². The summed E-state index contributed by atoms with van der Waals surface area (Å²) in [6.45, 7) is 6.45.